The van der Waals surface area contributed by atoms with Crippen molar-refractivity contribution >= 4 is 18.0 Å². The molecule has 1 aromatic rings. The zero-order valence-corrected chi connectivity index (χ0v) is 16.9. The molecule has 0 unspecified atom stereocenters. The van der Waals surface area contributed by atoms with Gasteiger partial charge in [-0.05, 0) is 54.7 Å². The molecule has 0 radical (unpaired) electrons. The molecule has 2 fully saturated rings. The van der Waals surface area contributed by atoms with Crippen LogP contribution in [-0.2, 0) is 16.1 Å². The van der Waals surface area contributed by atoms with Crippen LogP contribution in [0, 0.1) is 11.8 Å². The summed E-state index contributed by atoms with van der Waals surface area (Å²) in [6.07, 6.45) is 12.5. The van der Waals surface area contributed by atoms with Gasteiger partial charge in [-0.1, -0.05) is 56.4 Å². The van der Waals surface area contributed by atoms with Crippen LogP contribution in [0.5, 0.6) is 0 Å². The summed E-state index contributed by atoms with van der Waals surface area (Å²) < 4.78 is 0. The molecular formula is C23H32N2O4. The average molecular weight is 401 g/mol. The van der Waals surface area contributed by atoms with Crippen molar-refractivity contribution in [2.45, 2.75) is 69.9 Å². The molecule has 0 aliphatic heterocycles. The molecule has 2 saturated carbocycles. The number of rotatable bonds is 8. The SMILES string of the molecule is O=C(/C=C/c1ccc(CN[C@](C(=O)O)(C2CCCCC2)C2CCCC2)cc1)NO. The number of hydrogen-bond acceptors (Lipinski definition) is 4. The first-order valence-corrected chi connectivity index (χ1v) is 10.8. The topological polar surface area (TPSA) is 98.7 Å². The van der Waals surface area contributed by atoms with Crippen LogP contribution < -0.4 is 10.8 Å². The second-order valence-electron chi connectivity index (χ2n) is 8.40. The van der Waals surface area contributed by atoms with E-state index in [1.165, 1.54) is 12.5 Å². The highest BCUT2D eigenvalue weighted by Crippen LogP contribution is 2.44. The van der Waals surface area contributed by atoms with Crippen molar-refractivity contribution in [3.8, 4) is 0 Å². The third-order valence-electron chi connectivity index (χ3n) is 6.70. The summed E-state index contributed by atoms with van der Waals surface area (Å²) in [6.45, 7) is 0.514. The molecular weight excluding hydrogens is 368 g/mol. The molecule has 2 aliphatic rings. The van der Waals surface area contributed by atoms with Gasteiger partial charge >= 0.3 is 5.97 Å². The number of nitrogens with one attached hydrogen (secondary N) is 2. The number of benzene rings is 1. The fraction of sp³-hybridized carbons (Fsp3) is 0.565. The van der Waals surface area contributed by atoms with Gasteiger partial charge in [0.15, 0.2) is 0 Å². The Morgan fingerprint density at radius 2 is 1.52 bits per heavy atom. The van der Waals surface area contributed by atoms with E-state index in [4.69, 9.17) is 5.21 Å². The van der Waals surface area contributed by atoms with Gasteiger partial charge in [0, 0.05) is 12.6 Å². The van der Waals surface area contributed by atoms with Crippen molar-refractivity contribution in [3.63, 3.8) is 0 Å². The molecule has 0 spiro atoms. The molecule has 2 aliphatic carbocycles. The molecule has 1 aromatic carbocycles. The van der Waals surface area contributed by atoms with Crippen molar-refractivity contribution in [2.75, 3.05) is 0 Å². The van der Waals surface area contributed by atoms with Gasteiger partial charge in [0.05, 0.1) is 0 Å². The zero-order chi connectivity index (χ0) is 20.7. The monoisotopic (exact) mass is 400 g/mol. The van der Waals surface area contributed by atoms with E-state index in [0.717, 1.165) is 62.5 Å². The van der Waals surface area contributed by atoms with Crippen molar-refractivity contribution in [1.29, 1.82) is 0 Å². The van der Waals surface area contributed by atoms with Crippen LogP contribution in [0.15, 0.2) is 30.3 Å². The van der Waals surface area contributed by atoms with Gasteiger partial charge in [0.2, 0.25) is 0 Å². The Morgan fingerprint density at radius 3 is 2.03 bits per heavy atom. The van der Waals surface area contributed by atoms with Crippen molar-refractivity contribution < 1.29 is 19.9 Å². The lowest BCUT2D eigenvalue weighted by Gasteiger charge is -2.44. The molecule has 29 heavy (non-hydrogen) atoms. The highest BCUT2D eigenvalue weighted by atomic mass is 16.5. The predicted molar refractivity (Wildman–Crippen MR) is 111 cm³/mol. The van der Waals surface area contributed by atoms with Gasteiger partial charge in [-0.25, -0.2) is 5.48 Å². The normalized spacial score (nSPS) is 20.6. The molecule has 6 heteroatoms. The molecule has 3 rings (SSSR count). The van der Waals surface area contributed by atoms with E-state index in [-0.39, 0.29) is 11.8 Å². The van der Waals surface area contributed by atoms with Crippen molar-refractivity contribution in [2.24, 2.45) is 11.8 Å². The number of hydroxylamine groups is 1. The largest absolute Gasteiger partial charge is 0.480 e. The third-order valence-corrected chi connectivity index (χ3v) is 6.70. The van der Waals surface area contributed by atoms with E-state index in [2.05, 4.69) is 5.32 Å². The number of carboxylic acid groups (broad SMARTS) is 1. The summed E-state index contributed by atoms with van der Waals surface area (Å²) in [4.78, 5) is 23.7. The van der Waals surface area contributed by atoms with E-state index >= 15 is 0 Å². The molecule has 158 valence electrons. The highest BCUT2D eigenvalue weighted by molar-refractivity contribution is 5.90. The smallest absolute Gasteiger partial charge is 0.324 e. The van der Waals surface area contributed by atoms with Crippen LogP contribution >= 0.6 is 0 Å². The first-order valence-electron chi connectivity index (χ1n) is 10.8. The summed E-state index contributed by atoms with van der Waals surface area (Å²) in [5.74, 6) is -0.879. The van der Waals surface area contributed by atoms with Crippen LogP contribution in [0.2, 0.25) is 0 Å². The van der Waals surface area contributed by atoms with E-state index in [9.17, 15) is 14.7 Å². The standard InChI is InChI=1S/C23H32N2O4/c26-21(25-29)15-14-17-10-12-18(13-11-17)16-24-23(22(27)28,20-8-4-5-9-20)19-6-2-1-3-7-19/h10-15,19-20,24,29H,1-9,16H2,(H,25,26)(H,27,28)/b15-14+/t23-/m1/s1. The summed E-state index contributed by atoms with van der Waals surface area (Å²) in [7, 11) is 0. The summed E-state index contributed by atoms with van der Waals surface area (Å²) >= 11 is 0. The van der Waals surface area contributed by atoms with Crippen LogP contribution in [0.1, 0.15) is 68.9 Å². The van der Waals surface area contributed by atoms with Crippen LogP contribution in [0.3, 0.4) is 0 Å². The van der Waals surface area contributed by atoms with Crippen LogP contribution in [-0.4, -0.2) is 27.7 Å². The van der Waals surface area contributed by atoms with E-state index in [1.54, 1.807) is 11.6 Å². The molecule has 1 amide bonds. The molecule has 0 saturated heterocycles. The first kappa shape index (κ1) is 21.5. The summed E-state index contributed by atoms with van der Waals surface area (Å²) in [5, 5.41) is 22.4. The van der Waals surface area contributed by atoms with Crippen LogP contribution in [0.25, 0.3) is 6.08 Å². The second kappa shape index (κ2) is 10.0. The van der Waals surface area contributed by atoms with Gasteiger partial charge in [-0.15, -0.1) is 0 Å². The molecule has 0 heterocycles. The molecule has 1 atom stereocenters. The van der Waals surface area contributed by atoms with Gasteiger partial charge in [-0.3, -0.25) is 20.1 Å². The Hall–Kier alpha value is -2.18. The quantitative estimate of drug-likeness (QED) is 0.301. The van der Waals surface area contributed by atoms with Crippen LogP contribution in [0.4, 0.5) is 0 Å². The Morgan fingerprint density at radius 1 is 0.966 bits per heavy atom. The molecule has 0 aromatic heterocycles. The van der Waals surface area contributed by atoms with E-state index in [0.29, 0.717) is 6.54 Å². The predicted octanol–water partition coefficient (Wildman–Crippen LogP) is 3.89. The summed E-state index contributed by atoms with van der Waals surface area (Å²) in [6, 6.07) is 7.67. The number of amides is 1. The van der Waals surface area contributed by atoms with Gasteiger partial charge in [0.1, 0.15) is 5.54 Å². The third kappa shape index (κ3) is 5.06. The maximum Gasteiger partial charge on any atom is 0.324 e. The van der Waals surface area contributed by atoms with E-state index in [1.807, 2.05) is 24.3 Å². The molecule has 6 nitrogen and oxygen atoms in total. The first-order chi connectivity index (χ1) is 14.1. The van der Waals surface area contributed by atoms with Gasteiger partial charge in [-0.2, -0.15) is 0 Å². The Kier molecular flexibility index (Phi) is 7.45. The maximum absolute atomic E-state index is 12.6. The number of hydrogen-bond donors (Lipinski definition) is 4. The van der Waals surface area contributed by atoms with Crippen molar-refractivity contribution in [3.05, 3.63) is 41.5 Å². The number of carbonyl (C=O) groups excluding carboxylic acids is 1. The fourth-order valence-electron chi connectivity index (χ4n) is 5.19. The number of carbonyl (C=O) groups is 2. The fourth-order valence-corrected chi connectivity index (χ4v) is 5.19. The Bertz CT molecular complexity index is 719. The zero-order valence-electron chi connectivity index (χ0n) is 16.9. The Labute approximate surface area is 172 Å². The lowest BCUT2D eigenvalue weighted by molar-refractivity contribution is -0.152. The van der Waals surface area contributed by atoms with Gasteiger partial charge in [0.25, 0.3) is 5.91 Å². The second-order valence-corrected chi connectivity index (χ2v) is 8.40. The van der Waals surface area contributed by atoms with Gasteiger partial charge < -0.3 is 5.11 Å². The highest BCUT2D eigenvalue weighted by Gasteiger charge is 2.51. The number of carboxylic acids is 1. The minimum atomic E-state index is -0.839. The average Bonchev–Trinajstić information content (AvgIpc) is 3.29. The molecule has 4 N–H and O–H groups in total. The summed E-state index contributed by atoms with van der Waals surface area (Å²) in [5.41, 5.74) is 2.58. The number of aliphatic carboxylic acids is 1. The maximum atomic E-state index is 12.6. The lowest BCUT2D eigenvalue weighted by Crippen LogP contribution is -2.61. The van der Waals surface area contributed by atoms with E-state index < -0.39 is 17.4 Å². The minimum Gasteiger partial charge on any atom is -0.480 e. The lowest BCUT2D eigenvalue weighted by atomic mass is 9.67. The van der Waals surface area contributed by atoms with Crippen molar-refractivity contribution in [1.82, 2.24) is 10.8 Å². The Balaban J connectivity index is 1.75. The minimum absolute atomic E-state index is 0.191. The molecule has 0 bridgehead atoms.